The highest BCUT2D eigenvalue weighted by Gasteiger charge is 2.64. The van der Waals surface area contributed by atoms with Gasteiger partial charge in [-0.1, -0.05) is 18.9 Å². The molecule has 4 saturated carbocycles. The van der Waals surface area contributed by atoms with Crippen LogP contribution in [-0.2, 0) is 14.4 Å². The highest BCUT2D eigenvalue weighted by molar-refractivity contribution is 6.06. The Morgan fingerprint density at radius 1 is 1.19 bits per heavy atom. The minimum atomic E-state index is -1.25. The number of rotatable bonds is 7. The van der Waals surface area contributed by atoms with Crippen molar-refractivity contribution in [1.29, 1.82) is 5.26 Å². The number of imide groups is 1. The van der Waals surface area contributed by atoms with Crippen LogP contribution in [-0.4, -0.2) is 47.3 Å². The molecule has 7 rings (SSSR count). The number of H-pyrrole nitrogens is 1. The average Bonchev–Trinajstić information content (AvgIpc) is 3.51. The molecule has 192 valence electrons. The maximum atomic E-state index is 13.6. The third-order valence-electron chi connectivity index (χ3n) is 8.77. The number of aromatic amines is 1. The molecule has 0 spiro atoms. The van der Waals surface area contributed by atoms with Crippen molar-refractivity contribution in [3.63, 3.8) is 0 Å². The summed E-state index contributed by atoms with van der Waals surface area (Å²) in [4.78, 5) is 54.9. The molecule has 6 atom stereocenters. The van der Waals surface area contributed by atoms with E-state index in [0.29, 0.717) is 36.6 Å². The molecule has 1 saturated heterocycles. The van der Waals surface area contributed by atoms with Crippen molar-refractivity contribution < 1.29 is 23.9 Å². The van der Waals surface area contributed by atoms with E-state index in [0.717, 1.165) is 30.2 Å². The quantitative estimate of drug-likeness (QED) is 0.423. The average molecular weight is 504 g/mol. The summed E-state index contributed by atoms with van der Waals surface area (Å²) in [7, 11) is 1.56. The Hall–Kier alpha value is -3.87. The summed E-state index contributed by atoms with van der Waals surface area (Å²) >= 11 is 0. The largest absolute Gasteiger partial charge is 0.496 e. The number of hydrogen-bond donors (Lipinski definition) is 4. The van der Waals surface area contributed by atoms with Crippen molar-refractivity contribution >= 4 is 34.5 Å². The Labute approximate surface area is 213 Å². The lowest BCUT2D eigenvalue weighted by atomic mass is 9.52. The van der Waals surface area contributed by atoms with E-state index in [-0.39, 0.29) is 17.7 Å². The number of carbonyl (C=O) groups excluding carboxylic acids is 4. The van der Waals surface area contributed by atoms with Gasteiger partial charge in [0.25, 0.3) is 5.91 Å². The van der Waals surface area contributed by atoms with Crippen LogP contribution in [0, 0.1) is 40.9 Å². The Kier molecular flexibility index (Phi) is 5.48. The van der Waals surface area contributed by atoms with Crippen molar-refractivity contribution in [1.82, 2.24) is 20.9 Å². The van der Waals surface area contributed by atoms with Crippen LogP contribution in [0.4, 0.5) is 0 Å². The first-order chi connectivity index (χ1) is 17.8. The van der Waals surface area contributed by atoms with E-state index in [1.54, 1.807) is 13.2 Å². The summed E-state index contributed by atoms with van der Waals surface area (Å²) in [5.74, 6) is -2.10. The van der Waals surface area contributed by atoms with Crippen LogP contribution < -0.4 is 20.7 Å². The summed E-state index contributed by atoms with van der Waals surface area (Å²) in [6.07, 6.45) is 4.12. The van der Waals surface area contributed by atoms with Gasteiger partial charge in [-0.2, -0.15) is 5.26 Å². The van der Waals surface area contributed by atoms with E-state index in [1.807, 2.05) is 18.2 Å². The number of ether oxygens (including phenoxy) is 1. The second kappa shape index (κ2) is 8.61. The van der Waals surface area contributed by atoms with Gasteiger partial charge in [0.05, 0.1) is 25.0 Å². The molecule has 1 aromatic carbocycles. The van der Waals surface area contributed by atoms with E-state index in [1.165, 1.54) is 0 Å². The molecule has 2 aromatic rings. The standard InChI is InChI=1S/C27H29N5O5/c1-37-20-4-2-3-17-15(20)10-19(29-17)23(33)30-18(9-13-5-6-13)24(34)32-27(12-28)11-14-7-8-16(27)22-21(14)25(35)31-26(22)36/h2-4,10,13-14,16,18,21-22,29H,5-9,11H2,1H3,(H,30,33)(H,32,34)(H,31,35,36). The molecule has 5 fully saturated rings. The topological polar surface area (TPSA) is 153 Å². The fourth-order valence-corrected chi connectivity index (χ4v) is 6.84. The maximum Gasteiger partial charge on any atom is 0.268 e. The lowest BCUT2D eigenvalue weighted by molar-refractivity contribution is -0.137. The fraction of sp³-hybridized carbons (Fsp3) is 0.519. The number of methoxy groups -OCH3 is 1. The van der Waals surface area contributed by atoms with Crippen molar-refractivity contribution in [2.24, 2.45) is 29.6 Å². The minimum absolute atomic E-state index is 0.140. The van der Waals surface area contributed by atoms with Crippen LogP contribution in [0.2, 0.25) is 0 Å². The third-order valence-corrected chi connectivity index (χ3v) is 8.77. The smallest absolute Gasteiger partial charge is 0.268 e. The molecule has 1 aromatic heterocycles. The number of aromatic nitrogens is 1. The Morgan fingerprint density at radius 3 is 2.70 bits per heavy atom. The normalized spacial score (nSPS) is 30.8. The van der Waals surface area contributed by atoms with Crippen LogP contribution in [0.5, 0.6) is 5.75 Å². The molecule has 10 nitrogen and oxygen atoms in total. The van der Waals surface area contributed by atoms with Gasteiger partial charge in [-0.15, -0.1) is 0 Å². The first-order valence-corrected chi connectivity index (χ1v) is 12.9. The number of nitrogens with one attached hydrogen (secondary N) is 4. The Bertz CT molecular complexity index is 1360. The van der Waals surface area contributed by atoms with E-state index in [2.05, 4.69) is 27.0 Å². The van der Waals surface area contributed by atoms with Crippen LogP contribution in [0.15, 0.2) is 24.3 Å². The Morgan fingerprint density at radius 2 is 1.97 bits per heavy atom. The molecule has 10 heteroatoms. The van der Waals surface area contributed by atoms with Gasteiger partial charge in [-0.05, 0) is 55.7 Å². The SMILES string of the molecule is COc1cccc2[nH]c(C(=O)NC(CC3CC3)C(=O)NC3(C#N)CC4CCC3C3C(=O)NC(=O)C43)cc12. The molecule has 1 aliphatic heterocycles. The first kappa shape index (κ1) is 23.5. The van der Waals surface area contributed by atoms with E-state index in [9.17, 15) is 24.4 Å². The van der Waals surface area contributed by atoms with Gasteiger partial charge in [-0.3, -0.25) is 24.5 Å². The monoisotopic (exact) mass is 503 g/mol. The summed E-state index contributed by atoms with van der Waals surface area (Å²) in [5, 5.41) is 19.3. The zero-order valence-electron chi connectivity index (χ0n) is 20.5. The van der Waals surface area contributed by atoms with Crippen molar-refractivity contribution in [2.45, 2.75) is 50.1 Å². The minimum Gasteiger partial charge on any atom is -0.496 e. The molecule has 5 aliphatic rings. The van der Waals surface area contributed by atoms with Gasteiger partial charge >= 0.3 is 0 Å². The molecule has 2 heterocycles. The van der Waals surface area contributed by atoms with Gasteiger partial charge in [0.2, 0.25) is 17.7 Å². The molecule has 4 N–H and O–H groups in total. The van der Waals surface area contributed by atoms with Gasteiger partial charge in [0.15, 0.2) is 0 Å². The lowest BCUT2D eigenvalue weighted by Crippen LogP contribution is -2.66. The van der Waals surface area contributed by atoms with E-state index in [4.69, 9.17) is 4.74 Å². The van der Waals surface area contributed by atoms with Crippen molar-refractivity contribution in [3.05, 3.63) is 30.0 Å². The van der Waals surface area contributed by atoms with Gasteiger partial charge < -0.3 is 20.4 Å². The zero-order valence-corrected chi connectivity index (χ0v) is 20.5. The molecule has 6 unspecified atom stereocenters. The first-order valence-electron chi connectivity index (χ1n) is 12.9. The number of nitrogens with zero attached hydrogens (tertiary/aromatic N) is 1. The van der Waals surface area contributed by atoms with Crippen LogP contribution in [0.3, 0.4) is 0 Å². The van der Waals surface area contributed by atoms with Crippen molar-refractivity contribution in [3.8, 4) is 11.8 Å². The zero-order chi connectivity index (χ0) is 25.9. The van der Waals surface area contributed by atoms with Crippen LogP contribution in [0.25, 0.3) is 10.9 Å². The summed E-state index contributed by atoms with van der Waals surface area (Å²) in [6, 6.07) is 8.66. The maximum absolute atomic E-state index is 13.6. The highest BCUT2D eigenvalue weighted by Crippen LogP contribution is 2.55. The molecule has 4 aliphatic carbocycles. The highest BCUT2D eigenvalue weighted by atomic mass is 16.5. The fourth-order valence-electron chi connectivity index (χ4n) is 6.84. The number of carbonyl (C=O) groups is 4. The molecule has 0 radical (unpaired) electrons. The van der Waals surface area contributed by atoms with E-state index >= 15 is 0 Å². The number of hydrogen-bond acceptors (Lipinski definition) is 6. The molecule has 4 amide bonds. The van der Waals surface area contributed by atoms with E-state index < -0.39 is 41.1 Å². The predicted octanol–water partition coefficient (Wildman–Crippen LogP) is 1.77. The predicted molar refractivity (Wildman–Crippen MR) is 131 cm³/mol. The molecule has 37 heavy (non-hydrogen) atoms. The number of amides is 4. The Balaban J connectivity index is 1.23. The summed E-state index contributed by atoms with van der Waals surface area (Å²) in [5.41, 5.74) is -0.193. The third kappa shape index (κ3) is 3.84. The molecule has 2 bridgehead atoms. The van der Waals surface area contributed by atoms with Gasteiger partial charge in [-0.25, -0.2) is 0 Å². The van der Waals surface area contributed by atoms with Gasteiger partial charge in [0, 0.05) is 16.8 Å². The number of fused-ring (bicyclic) bond motifs is 3. The summed E-state index contributed by atoms with van der Waals surface area (Å²) in [6.45, 7) is 0. The number of nitriles is 1. The molecular formula is C27H29N5O5. The van der Waals surface area contributed by atoms with Crippen LogP contribution in [0.1, 0.15) is 49.0 Å². The second-order valence-electron chi connectivity index (χ2n) is 10.9. The van der Waals surface area contributed by atoms with Crippen molar-refractivity contribution in [2.75, 3.05) is 7.11 Å². The lowest BCUT2D eigenvalue weighted by Gasteiger charge is -2.52. The second-order valence-corrected chi connectivity index (χ2v) is 10.9. The molecular weight excluding hydrogens is 474 g/mol. The van der Waals surface area contributed by atoms with Crippen LogP contribution >= 0.6 is 0 Å². The van der Waals surface area contributed by atoms with Gasteiger partial charge in [0.1, 0.15) is 23.0 Å². The number of benzene rings is 1. The summed E-state index contributed by atoms with van der Waals surface area (Å²) < 4.78 is 5.38.